The first-order chi connectivity index (χ1) is 28.5. The van der Waals surface area contributed by atoms with Crippen molar-refractivity contribution in [2.45, 2.75) is 315 Å². The fourth-order valence-corrected chi connectivity index (χ4v) is 8.43. The average Bonchev–Trinajstić information content (AvgIpc) is 3.22. The van der Waals surface area contributed by atoms with Crippen LogP contribution in [0.25, 0.3) is 0 Å². The molecule has 0 spiro atoms. The van der Waals surface area contributed by atoms with Gasteiger partial charge < -0.3 is 20.3 Å². The van der Waals surface area contributed by atoms with E-state index in [1.807, 2.05) is 0 Å². The number of nitrogens with one attached hydrogen (secondary N) is 1. The van der Waals surface area contributed by atoms with Crippen molar-refractivity contribution in [1.29, 1.82) is 0 Å². The molecule has 0 heterocycles. The molecule has 58 heavy (non-hydrogen) atoms. The molecule has 0 fully saturated rings. The fourth-order valence-electron chi connectivity index (χ4n) is 8.43. The Bertz CT molecular complexity index is 837. The van der Waals surface area contributed by atoms with Gasteiger partial charge in [-0.25, -0.2) is 0 Å². The maximum Gasteiger partial charge on any atom is 0.306 e. The first-order valence-electron chi connectivity index (χ1n) is 26.3. The van der Waals surface area contributed by atoms with Gasteiger partial charge in [0.1, 0.15) is 6.10 Å². The Labute approximate surface area is 362 Å². The molecule has 0 saturated heterocycles. The largest absolute Gasteiger partial charge is 0.462 e. The van der Waals surface area contributed by atoms with E-state index < -0.39 is 18.2 Å². The fraction of sp³-hybridized carbons (Fsp3) is 0.962. The minimum absolute atomic E-state index is 0.0867. The summed E-state index contributed by atoms with van der Waals surface area (Å²) in [6.45, 7) is 6.50. The summed E-state index contributed by atoms with van der Waals surface area (Å²) >= 11 is 0. The second kappa shape index (κ2) is 46.9. The second-order valence-corrected chi connectivity index (χ2v) is 18.3. The van der Waals surface area contributed by atoms with E-state index in [1.165, 1.54) is 212 Å². The zero-order valence-corrected chi connectivity index (χ0v) is 39.5. The van der Waals surface area contributed by atoms with Crippen LogP contribution in [0.2, 0.25) is 0 Å². The van der Waals surface area contributed by atoms with Crippen molar-refractivity contribution in [3.63, 3.8) is 0 Å². The van der Waals surface area contributed by atoms with Gasteiger partial charge in [0.05, 0.1) is 25.2 Å². The molecular weight excluding hydrogens is 719 g/mol. The van der Waals surface area contributed by atoms with E-state index in [9.17, 15) is 19.8 Å². The molecule has 0 aromatic carbocycles. The van der Waals surface area contributed by atoms with Crippen LogP contribution in [0.4, 0.5) is 0 Å². The number of unbranched alkanes of at least 4 members (excludes halogenated alkanes) is 36. The summed E-state index contributed by atoms with van der Waals surface area (Å²) in [6.07, 6.45) is 50.3. The predicted molar refractivity (Wildman–Crippen MR) is 250 cm³/mol. The Kier molecular flexibility index (Phi) is 46.0. The summed E-state index contributed by atoms with van der Waals surface area (Å²) in [7, 11) is 0. The van der Waals surface area contributed by atoms with Crippen LogP contribution in [-0.2, 0) is 14.3 Å². The van der Waals surface area contributed by atoms with Crippen molar-refractivity contribution in [2.24, 2.45) is 0 Å². The first-order valence-corrected chi connectivity index (χ1v) is 26.3. The zero-order valence-electron chi connectivity index (χ0n) is 39.5. The topological polar surface area (TPSA) is 95.9 Å². The summed E-state index contributed by atoms with van der Waals surface area (Å²) < 4.78 is 5.91. The number of aliphatic hydroxyl groups excluding tert-OH is 2. The lowest BCUT2D eigenvalue weighted by atomic mass is 10.0. The number of amides is 1. The minimum Gasteiger partial charge on any atom is -0.462 e. The number of hydrogen-bond acceptors (Lipinski definition) is 5. The smallest absolute Gasteiger partial charge is 0.306 e. The van der Waals surface area contributed by atoms with Gasteiger partial charge in [-0.15, -0.1) is 0 Å². The van der Waals surface area contributed by atoms with Crippen molar-refractivity contribution in [1.82, 2.24) is 5.32 Å². The van der Waals surface area contributed by atoms with Crippen LogP contribution < -0.4 is 5.32 Å². The third-order valence-electron chi connectivity index (χ3n) is 12.4. The molecule has 0 rings (SSSR count). The lowest BCUT2D eigenvalue weighted by Gasteiger charge is -2.24. The summed E-state index contributed by atoms with van der Waals surface area (Å²) in [4.78, 5) is 26.0. The lowest BCUT2D eigenvalue weighted by molar-refractivity contribution is -0.151. The summed E-state index contributed by atoms with van der Waals surface area (Å²) in [5.74, 6) is -0.455. The van der Waals surface area contributed by atoms with E-state index in [-0.39, 0.29) is 24.9 Å². The van der Waals surface area contributed by atoms with Crippen molar-refractivity contribution in [3.8, 4) is 0 Å². The molecule has 0 aliphatic rings. The molecule has 0 aromatic heterocycles. The minimum atomic E-state index is -0.778. The van der Waals surface area contributed by atoms with Gasteiger partial charge in [0, 0.05) is 6.42 Å². The second-order valence-electron chi connectivity index (χ2n) is 18.3. The quantitative estimate of drug-likeness (QED) is 0.0420. The molecular formula is C52H103NO5. The number of hydrogen-bond donors (Lipinski definition) is 3. The van der Waals surface area contributed by atoms with Gasteiger partial charge in [0.15, 0.2) is 0 Å². The molecule has 1 amide bonds. The van der Waals surface area contributed by atoms with Gasteiger partial charge in [-0.2, -0.15) is 0 Å². The van der Waals surface area contributed by atoms with Gasteiger partial charge in [-0.05, 0) is 25.7 Å². The summed E-state index contributed by atoms with van der Waals surface area (Å²) in [6, 6.07) is -0.691. The van der Waals surface area contributed by atoms with E-state index in [0.717, 1.165) is 38.5 Å². The number of carbonyl (C=O) groups is 2. The summed E-state index contributed by atoms with van der Waals surface area (Å²) in [5, 5.41) is 23.7. The van der Waals surface area contributed by atoms with Crippen LogP contribution in [0.5, 0.6) is 0 Å². The highest BCUT2D eigenvalue weighted by atomic mass is 16.5. The van der Waals surface area contributed by atoms with Crippen LogP contribution in [0.3, 0.4) is 0 Å². The highest BCUT2D eigenvalue weighted by Crippen LogP contribution is 2.19. The normalized spacial score (nSPS) is 13.1. The summed E-state index contributed by atoms with van der Waals surface area (Å²) in [5.41, 5.74) is 0. The van der Waals surface area contributed by atoms with Crippen molar-refractivity contribution in [2.75, 3.05) is 6.61 Å². The average molecular weight is 822 g/mol. The molecule has 6 nitrogen and oxygen atoms in total. The molecule has 0 aliphatic carbocycles. The Hall–Kier alpha value is -1.14. The molecule has 0 aromatic rings. The van der Waals surface area contributed by atoms with Gasteiger partial charge >= 0.3 is 5.97 Å². The van der Waals surface area contributed by atoms with Gasteiger partial charge in [-0.1, -0.05) is 258 Å². The van der Waals surface area contributed by atoms with Crippen LogP contribution >= 0.6 is 0 Å². The van der Waals surface area contributed by atoms with Gasteiger partial charge in [-0.3, -0.25) is 9.59 Å². The molecule has 0 aliphatic heterocycles. The van der Waals surface area contributed by atoms with E-state index in [4.69, 9.17) is 4.74 Å². The number of aliphatic hydroxyl groups is 2. The molecule has 0 bridgehead atoms. The van der Waals surface area contributed by atoms with Crippen molar-refractivity contribution >= 4 is 11.9 Å². The number of esters is 1. The molecule has 6 heteroatoms. The molecule has 3 unspecified atom stereocenters. The lowest BCUT2D eigenvalue weighted by Crippen LogP contribution is -2.46. The molecule has 3 N–H and O–H groups in total. The standard InChI is InChI=1S/C52H103NO5/c1-4-7-10-13-16-19-21-23-25-27-28-30-32-35-38-41-44-50(55)49(47-54)53-51(56)46-48(43-40-37-34-18-15-12-9-6-3)58-52(57)45-42-39-36-33-31-29-26-24-22-20-17-14-11-8-5-2/h48-50,54-55H,4-47H2,1-3H3,(H,53,56). The number of carbonyl (C=O) groups excluding carboxylic acids is 2. The van der Waals surface area contributed by atoms with Gasteiger partial charge in [0.25, 0.3) is 0 Å². The Morgan fingerprint density at radius 1 is 0.431 bits per heavy atom. The van der Waals surface area contributed by atoms with Crippen molar-refractivity contribution in [3.05, 3.63) is 0 Å². The van der Waals surface area contributed by atoms with Crippen LogP contribution in [0, 0.1) is 0 Å². The highest BCUT2D eigenvalue weighted by molar-refractivity contribution is 5.77. The van der Waals surface area contributed by atoms with Gasteiger partial charge in [0.2, 0.25) is 5.91 Å². The molecule has 0 saturated carbocycles. The zero-order chi connectivity index (χ0) is 42.4. The Morgan fingerprint density at radius 3 is 1.05 bits per heavy atom. The Balaban J connectivity index is 4.34. The van der Waals surface area contributed by atoms with Crippen LogP contribution in [-0.4, -0.2) is 46.9 Å². The highest BCUT2D eigenvalue weighted by Gasteiger charge is 2.24. The third kappa shape index (κ3) is 41.6. The van der Waals surface area contributed by atoms with E-state index in [0.29, 0.717) is 19.3 Å². The van der Waals surface area contributed by atoms with Crippen LogP contribution in [0.15, 0.2) is 0 Å². The maximum atomic E-state index is 13.2. The monoisotopic (exact) mass is 822 g/mol. The predicted octanol–water partition coefficient (Wildman–Crippen LogP) is 15.6. The number of rotatable bonds is 48. The van der Waals surface area contributed by atoms with Crippen molar-refractivity contribution < 1.29 is 24.5 Å². The van der Waals surface area contributed by atoms with Crippen LogP contribution in [0.1, 0.15) is 297 Å². The molecule has 3 atom stereocenters. The number of ether oxygens (including phenoxy) is 1. The third-order valence-corrected chi connectivity index (χ3v) is 12.4. The first kappa shape index (κ1) is 56.9. The SMILES string of the molecule is CCCCCCCCCCCCCCCCCCC(O)C(CO)NC(=O)CC(CCCCCCCCCC)OC(=O)CCCCCCCCCCCCCCCCC. The Morgan fingerprint density at radius 2 is 0.724 bits per heavy atom. The maximum absolute atomic E-state index is 13.2. The van der Waals surface area contributed by atoms with E-state index in [2.05, 4.69) is 26.1 Å². The van der Waals surface area contributed by atoms with E-state index in [1.54, 1.807) is 0 Å². The van der Waals surface area contributed by atoms with E-state index >= 15 is 0 Å². The molecule has 346 valence electrons. The molecule has 0 radical (unpaired) electrons.